The lowest BCUT2D eigenvalue weighted by molar-refractivity contribution is 0.0726. The number of H-pyrrole nitrogens is 1. The number of carbonyl (C=O) groups excluding carboxylic acids is 1. The molecule has 2 N–H and O–H groups in total. The van der Waals surface area contributed by atoms with E-state index in [2.05, 4.69) is 41.1 Å². The normalized spacial score (nSPS) is 15.1. The fourth-order valence-electron chi connectivity index (χ4n) is 6.15. The number of aromatic nitrogens is 1. The lowest BCUT2D eigenvalue weighted by Gasteiger charge is -2.28. The molecule has 0 bridgehead atoms. The number of piperidine rings is 1. The fraction of sp³-hybridized carbons (Fsp3) is 0.278. The first-order chi connectivity index (χ1) is 21.0. The predicted octanol–water partition coefficient (Wildman–Crippen LogP) is 7.84. The second-order valence-corrected chi connectivity index (χ2v) is 11.3. The minimum atomic E-state index is -0.0877. The lowest BCUT2D eigenvalue weighted by atomic mass is 10.00. The number of likely N-dealkylation sites (tertiary alicyclic amines) is 1. The van der Waals surface area contributed by atoms with Crippen molar-refractivity contribution < 1.29 is 14.3 Å². The molecule has 0 unspecified atom stereocenters. The SMILES string of the molecule is CC[C@H](c1ccccc1)N(C)C(=O)c1ccc2[nH]c(O)c(C(=Nc3ccc(CN4CCCCC4)cc3)c3ccoc3)c2c1. The Morgan fingerprint density at radius 2 is 1.77 bits per heavy atom. The third-order valence-electron chi connectivity index (χ3n) is 8.45. The van der Waals surface area contributed by atoms with Crippen LogP contribution in [0.3, 0.4) is 0 Å². The molecule has 0 aliphatic carbocycles. The quantitative estimate of drug-likeness (QED) is 0.176. The van der Waals surface area contributed by atoms with Crippen LogP contribution in [-0.4, -0.2) is 51.6 Å². The van der Waals surface area contributed by atoms with Gasteiger partial charge in [-0.1, -0.05) is 55.8 Å². The summed E-state index contributed by atoms with van der Waals surface area (Å²) >= 11 is 0. The maximum Gasteiger partial charge on any atom is 0.254 e. The molecule has 1 saturated heterocycles. The summed E-state index contributed by atoms with van der Waals surface area (Å²) in [6, 6.07) is 25.6. The molecule has 5 aromatic rings. The van der Waals surface area contributed by atoms with E-state index in [1.807, 2.05) is 55.6 Å². The molecule has 7 nitrogen and oxygen atoms in total. The van der Waals surface area contributed by atoms with Crippen LogP contribution in [0, 0.1) is 0 Å². The first kappa shape index (κ1) is 28.5. The first-order valence-corrected chi connectivity index (χ1v) is 15.1. The molecule has 1 aliphatic rings. The van der Waals surface area contributed by atoms with Gasteiger partial charge in [0.2, 0.25) is 0 Å². The molecule has 3 heterocycles. The maximum absolute atomic E-state index is 13.7. The Morgan fingerprint density at radius 1 is 1.00 bits per heavy atom. The average Bonchev–Trinajstić information content (AvgIpc) is 3.69. The van der Waals surface area contributed by atoms with Crippen molar-refractivity contribution in [1.82, 2.24) is 14.8 Å². The van der Waals surface area contributed by atoms with Crippen molar-refractivity contribution in [3.63, 3.8) is 0 Å². The van der Waals surface area contributed by atoms with Gasteiger partial charge in [-0.25, -0.2) is 4.99 Å². The molecule has 6 rings (SSSR count). The molecule has 3 aromatic carbocycles. The van der Waals surface area contributed by atoms with Crippen LogP contribution in [0.1, 0.15) is 71.3 Å². The van der Waals surface area contributed by atoms with Gasteiger partial charge >= 0.3 is 0 Å². The van der Waals surface area contributed by atoms with Gasteiger partial charge in [0, 0.05) is 35.6 Å². The number of furan rings is 1. The topological polar surface area (TPSA) is 85.1 Å². The summed E-state index contributed by atoms with van der Waals surface area (Å²) in [5.74, 6) is -0.0966. The second-order valence-electron chi connectivity index (χ2n) is 11.3. The van der Waals surface area contributed by atoms with Crippen LogP contribution in [-0.2, 0) is 6.54 Å². The van der Waals surface area contributed by atoms with Crippen molar-refractivity contribution in [2.45, 2.75) is 45.2 Å². The monoisotopic (exact) mass is 574 g/mol. The molecule has 0 radical (unpaired) electrons. The summed E-state index contributed by atoms with van der Waals surface area (Å²) in [5.41, 5.74) is 6.21. The Hall–Kier alpha value is -4.62. The number of nitrogens with one attached hydrogen (secondary N) is 1. The van der Waals surface area contributed by atoms with E-state index in [1.165, 1.54) is 24.8 Å². The number of rotatable bonds is 9. The number of aliphatic imine (C=N–C) groups is 1. The van der Waals surface area contributed by atoms with Gasteiger partial charge in [-0.15, -0.1) is 0 Å². The number of benzene rings is 3. The summed E-state index contributed by atoms with van der Waals surface area (Å²) in [7, 11) is 1.84. The van der Waals surface area contributed by atoms with Gasteiger partial charge in [0.1, 0.15) is 0 Å². The zero-order chi connectivity index (χ0) is 29.8. The van der Waals surface area contributed by atoms with Gasteiger partial charge in [0.25, 0.3) is 5.91 Å². The van der Waals surface area contributed by atoms with Crippen LogP contribution >= 0.6 is 0 Å². The van der Waals surface area contributed by atoms with Crippen molar-refractivity contribution in [3.05, 3.63) is 119 Å². The van der Waals surface area contributed by atoms with Gasteiger partial charge in [-0.2, -0.15) is 0 Å². The van der Waals surface area contributed by atoms with Crippen molar-refractivity contribution in [2.24, 2.45) is 4.99 Å². The molecule has 7 heteroatoms. The lowest BCUT2D eigenvalue weighted by Crippen LogP contribution is -2.31. The largest absolute Gasteiger partial charge is 0.494 e. The van der Waals surface area contributed by atoms with E-state index in [1.54, 1.807) is 23.5 Å². The molecule has 1 aliphatic heterocycles. The van der Waals surface area contributed by atoms with Crippen molar-refractivity contribution in [2.75, 3.05) is 20.1 Å². The molecule has 1 amide bonds. The number of fused-ring (bicyclic) bond motifs is 1. The number of hydrogen-bond donors (Lipinski definition) is 2. The summed E-state index contributed by atoms with van der Waals surface area (Å²) in [6.45, 7) is 5.32. The molecule has 220 valence electrons. The number of hydrogen-bond acceptors (Lipinski definition) is 5. The van der Waals surface area contributed by atoms with Crippen LogP contribution in [0.5, 0.6) is 5.88 Å². The molecule has 2 aromatic heterocycles. The molecule has 1 atom stereocenters. The van der Waals surface area contributed by atoms with Crippen LogP contribution in [0.2, 0.25) is 0 Å². The highest BCUT2D eigenvalue weighted by atomic mass is 16.3. The molecule has 1 fully saturated rings. The van der Waals surface area contributed by atoms with Crippen molar-refractivity contribution in [1.29, 1.82) is 0 Å². The van der Waals surface area contributed by atoms with E-state index in [4.69, 9.17) is 9.41 Å². The standard InChI is InChI=1S/C36H38N4O3/c1-3-32(26-10-6-4-7-11-26)39(2)36(42)27-14-17-31-30(22-27)33(35(41)38-31)34(28-18-21-43-24-28)37-29-15-12-25(13-16-29)23-40-19-8-5-9-20-40/h4,6-7,10-18,21-22,24,32,38,41H,3,5,8-9,19-20,23H2,1-2H3/t32-/m1/s1. The average molecular weight is 575 g/mol. The van der Waals surface area contributed by atoms with Crippen LogP contribution in [0.25, 0.3) is 10.9 Å². The summed E-state index contributed by atoms with van der Waals surface area (Å²) in [5, 5.41) is 11.9. The highest BCUT2D eigenvalue weighted by molar-refractivity contribution is 6.22. The Bertz CT molecular complexity index is 1700. The summed E-state index contributed by atoms with van der Waals surface area (Å²) in [4.78, 5) is 26.1. The Kier molecular flexibility index (Phi) is 8.43. The molecule has 43 heavy (non-hydrogen) atoms. The smallest absolute Gasteiger partial charge is 0.254 e. The highest BCUT2D eigenvalue weighted by Crippen LogP contribution is 2.33. The number of amides is 1. The first-order valence-electron chi connectivity index (χ1n) is 15.1. The van der Waals surface area contributed by atoms with E-state index in [9.17, 15) is 9.90 Å². The van der Waals surface area contributed by atoms with E-state index >= 15 is 0 Å². The zero-order valence-electron chi connectivity index (χ0n) is 24.8. The van der Waals surface area contributed by atoms with Crippen LogP contribution in [0.4, 0.5) is 5.69 Å². The van der Waals surface area contributed by atoms with Crippen molar-refractivity contribution in [3.8, 4) is 5.88 Å². The Labute approximate surface area is 252 Å². The van der Waals surface area contributed by atoms with E-state index in [0.29, 0.717) is 22.2 Å². The summed E-state index contributed by atoms with van der Waals surface area (Å²) in [6.07, 6.45) is 7.85. The Balaban J connectivity index is 1.34. The molecule has 0 saturated carbocycles. The van der Waals surface area contributed by atoms with E-state index in [-0.39, 0.29) is 17.8 Å². The highest BCUT2D eigenvalue weighted by Gasteiger charge is 2.24. The molecule has 0 spiro atoms. The number of aromatic hydroxyl groups is 1. The second kappa shape index (κ2) is 12.7. The number of aromatic amines is 1. The van der Waals surface area contributed by atoms with Crippen LogP contribution in [0.15, 0.2) is 101 Å². The van der Waals surface area contributed by atoms with Gasteiger partial charge in [0.15, 0.2) is 5.88 Å². The fourth-order valence-corrected chi connectivity index (χ4v) is 6.15. The minimum absolute atomic E-state index is 0.00894. The minimum Gasteiger partial charge on any atom is -0.494 e. The van der Waals surface area contributed by atoms with Crippen molar-refractivity contribution >= 4 is 28.2 Å². The summed E-state index contributed by atoms with van der Waals surface area (Å²) < 4.78 is 5.42. The number of carbonyl (C=O) groups is 1. The van der Waals surface area contributed by atoms with Gasteiger partial charge < -0.3 is 19.4 Å². The van der Waals surface area contributed by atoms with E-state index in [0.717, 1.165) is 48.4 Å². The van der Waals surface area contributed by atoms with E-state index < -0.39 is 0 Å². The molecular formula is C36H38N4O3. The third kappa shape index (κ3) is 6.13. The predicted molar refractivity (Wildman–Crippen MR) is 171 cm³/mol. The molecular weight excluding hydrogens is 536 g/mol. The van der Waals surface area contributed by atoms with Crippen LogP contribution < -0.4 is 0 Å². The van der Waals surface area contributed by atoms with Gasteiger partial charge in [-0.05, 0) is 79.9 Å². The van der Waals surface area contributed by atoms with Gasteiger partial charge in [0.05, 0.1) is 35.5 Å². The van der Waals surface area contributed by atoms with Gasteiger partial charge in [-0.3, -0.25) is 9.69 Å². The maximum atomic E-state index is 13.7. The number of nitrogens with zero attached hydrogens (tertiary/aromatic N) is 3. The zero-order valence-corrected chi connectivity index (χ0v) is 24.8. The third-order valence-corrected chi connectivity index (χ3v) is 8.45. The Morgan fingerprint density at radius 3 is 2.47 bits per heavy atom.